The summed E-state index contributed by atoms with van der Waals surface area (Å²) in [5, 5.41) is 18.3. The lowest BCUT2D eigenvalue weighted by Gasteiger charge is -2.35. The molecule has 1 saturated heterocycles. The second-order valence-corrected chi connectivity index (χ2v) is 8.50. The maximum Gasteiger partial charge on any atom is 0.319 e. The molecule has 2 aromatic rings. The van der Waals surface area contributed by atoms with Gasteiger partial charge in [0.15, 0.2) is 23.0 Å². The molecule has 186 valence electrons. The minimum Gasteiger partial charge on any atom is -0.454 e. The number of amides is 3. The van der Waals surface area contributed by atoms with Crippen molar-refractivity contribution in [2.75, 3.05) is 25.5 Å². The Bertz CT molecular complexity index is 1090. The smallest absolute Gasteiger partial charge is 0.319 e. The van der Waals surface area contributed by atoms with Crippen LogP contribution in [0, 0.1) is 0 Å². The van der Waals surface area contributed by atoms with Crippen molar-refractivity contribution in [3.8, 4) is 23.0 Å². The highest BCUT2D eigenvalue weighted by Crippen LogP contribution is 2.34. The van der Waals surface area contributed by atoms with Crippen molar-refractivity contribution in [1.29, 1.82) is 0 Å². The summed E-state index contributed by atoms with van der Waals surface area (Å²) in [4.78, 5) is 24.9. The average molecular weight is 485 g/mol. The summed E-state index contributed by atoms with van der Waals surface area (Å²) in [7, 11) is 0. The zero-order chi connectivity index (χ0) is 24.2. The molecule has 5 rings (SSSR count). The average Bonchev–Trinajstić information content (AvgIpc) is 3.52. The molecule has 3 heterocycles. The third-order valence-corrected chi connectivity index (χ3v) is 6.08. The molecule has 0 bridgehead atoms. The van der Waals surface area contributed by atoms with Crippen molar-refractivity contribution in [3.63, 3.8) is 0 Å². The highest BCUT2D eigenvalue weighted by molar-refractivity contribution is 5.90. The quantitative estimate of drug-likeness (QED) is 0.467. The first-order chi connectivity index (χ1) is 17.1. The first kappa shape index (κ1) is 23.1. The van der Waals surface area contributed by atoms with E-state index in [1.165, 1.54) is 0 Å². The van der Waals surface area contributed by atoms with Gasteiger partial charge in [-0.3, -0.25) is 4.79 Å². The lowest BCUT2D eigenvalue weighted by Crippen LogP contribution is -2.52. The molecule has 3 amide bonds. The molecule has 0 spiro atoms. The van der Waals surface area contributed by atoms with E-state index in [2.05, 4.69) is 16.0 Å². The van der Waals surface area contributed by atoms with E-state index < -0.39 is 12.1 Å². The van der Waals surface area contributed by atoms with E-state index in [-0.39, 0.29) is 44.7 Å². The number of hydrogen-bond acceptors (Lipinski definition) is 8. The minimum absolute atomic E-state index is 0.153. The maximum atomic E-state index is 12.5. The van der Waals surface area contributed by atoms with Crippen molar-refractivity contribution < 1.29 is 38.4 Å². The third kappa shape index (κ3) is 5.52. The highest BCUT2D eigenvalue weighted by Gasteiger charge is 2.33. The molecule has 0 radical (unpaired) electrons. The Morgan fingerprint density at radius 1 is 0.914 bits per heavy atom. The number of nitrogens with one attached hydrogen (secondary N) is 3. The molecule has 0 aromatic heterocycles. The van der Waals surface area contributed by atoms with E-state index in [1.807, 2.05) is 18.2 Å². The zero-order valence-electron chi connectivity index (χ0n) is 19.0. The summed E-state index contributed by atoms with van der Waals surface area (Å²) < 4.78 is 27.1. The van der Waals surface area contributed by atoms with Crippen molar-refractivity contribution in [3.05, 3.63) is 42.0 Å². The first-order valence-electron chi connectivity index (χ1n) is 11.5. The van der Waals surface area contributed by atoms with Crippen LogP contribution in [0.15, 0.2) is 36.4 Å². The van der Waals surface area contributed by atoms with Gasteiger partial charge in [0.05, 0.1) is 25.2 Å². The fourth-order valence-electron chi connectivity index (χ4n) is 4.29. The Morgan fingerprint density at radius 3 is 2.40 bits per heavy atom. The second kappa shape index (κ2) is 10.3. The Balaban J connectivity index is 1.07. The summed E-state index contributed by atoms with van der Waals surface area (Å²) in [6.45, 7) is 0.437. The van der Waals surface area contributed by atoms with Crippen molar-refractivity contribution in [2.24, 2.45) is 0 Å². The van der Waals surface area contributed by atoms with Crippen LogP contribution in [0.5, 0.6) is 23.0 Å². The van der Waals surface area contributed by atoms with E-state index in [1.54, 1.807) is 18.2 Å². The van der Waals surface area contributed by atoms with E-state index in [4.69, 9.17) is 23.7 Å². The van der Waals surface area contributed by atoms with E-state index in [0.717, 1.165) is 5.56 Å². The van der Waals surface area contributed by atoms with Gasteiger partial charge in [-0.1, -0.05) is 6.07 Å². The summed E-state index contributed by atoms with van der Waals surface area (Å²) in [5.41, 5.74) is 1.46. The lowest BCUT2D eigenvalue weighted by molar-refractivity contribution is -0.130. The number of aliphatic hydroxyl groups is 1. The summed E-state index contributed by atoms with van der Waals surface area (Å²) in [6.07, 6.45) is 0.344. The third-order valence-electron chi connectivity index (χ3n) is 6.08. The van der Waals surface area contributed by atoms with Crippen LogP contribution in [-0.4, -0.2) is 55.5 Å². The Hall–Kier alpha value is -3.70. The summed E-state index contributed by atoms with van der Waals surface area (Å²) in [5.74, 6) is 2.40. The molecule has 0 aliphatic carbocycles. The fraction of sp³-hybridized carbons (Fsp3) is 0.417. The predicted octanol–water partition coefficient (Wildman–Crippen LogP) is 1.88. The van der Waals surface area contributed by atoms with Crippen LogP contribution in [0.4, 0.5) is 10.5 Å². The summed E-state index contributed by atoms with van der Waals surface area (Å²) in [6, 6.07) is 9.84. The molecular weight excluding hydrogens is 458 g/mol. The number of carbonyl (C=O) groups is 2. The normalized spacial score (nSPS) is 21.9. The van der Waals surface area contributed by atoms with Crippen LogP contribution in [-0.2, 0) is 16.1 Å². The zero-order valence-corrected chi connectivity index (χ0v) is 19.0. The predicted molar refractivity (Wildman–Crippen MR) is 123 cm³/mol. The number of fused-ring (bicyclic) bond motifs is 2. The van der Waals surface area contributed by atoms with E-state index in [9.17, 15) is 14.7 Å². The van der Waals surface area contributed by atoms with E-state index >= 15 is 0 Å². The summed E-state index contributed by atoms with van der Waals surface area (Å²) >= 11 is 0. The van der Waals surface area contributed by atoms with Crippen LogP contribution < -0.4 is 34.9 Å². The topological polar surface area (TPSA) is 137 Å². The Morgan fingerprint density at radius 2 is 1.63 bits per heavy atom. The molecular formula is C24H27N3O8. The Labute approximate surface area is 201 Å². The van der Waals surface area contributed by atoms with Gasteiger partial charge in [-0.25, -0.2) is 4.79 Å². The van der Waals surface area contributed by atoms with Crippen LogP contribution in [0.25, 0.3) is 0 Å². The number of rotatable bonds is 7. The van der Waals surface area contributed by atoms with Crippen LogP contribution in [0.3, 0.4) is 0 Å². The maximum absolute atomic E-state index is 12.5. The van der Waals surface area contributed by atoms with Gasteiger partial charge in [0.1, 0.15) is 6.10 Å². The molecule has 3 aliphatic rings. The fourth-order valence-corrected chi connectivity index (χ4v) is 4.29. The van der Waals surface area contributed by atoms with Gasteiger partial charge >= 0.3 is 6.03 Å². The van der Waals surface area contributed by atoms with Crippen LogP contribution in [0.2, 0.25) is 0 Å². The molecule has 4 N–H and O–H groups in total. The van der Waals surface area contributed by atoms with Gasteiger partial charge in [0.2, 0.25) is 19.5 Å². The largest absolute Gasteiger partial charge is 0.454 e. The number of aliphatic hydroxyl groups excluding tert-OH is 1. The molecule has 3 aliphatic heterocycles. The molecule has 1 fully saturated rings. The molecule has 0 unspecified atom stereocenters. The number of ether oxygens (including phenoxy) is 5. The standard InChI is InChI=1S/C24H27N3O8/c28-11-22-17(27-24(30)26-15-2-6-19-21(8-15)34-13-32-19)4-3-16(35-22)9-23(29)25-10-14-1-5-18-20(7-14)33-12-31-18/h1-2,5-8,16-17,22,28H,3-4,9-13H2,(H,25,29)(H2,26,27,30)/t16-,17-,22-/m0/s1. The van der Waals surface area contributed by atoms with Crippen LogP contribution >= 0.6 is 0 Å². The van der Waals surface area contributed by atoms with Gasteiger partial charge in [-0.15, -0.1) is 0 Å². The molecule has 3 atom stereocenters. The van der Waals surface area contributed by atoms with Gasteiger partial charge < -0.3 is 44.7 Å². The van der Waals surface area contributed by atoms with Crippen molar-refractivity contribution >= 4 is 17.6 Å². The molecule has 0 saturated carbocycles. The molecule has 35 heavy (non-hydrogen) atoms. The van der Waals surface area contributed by atoms with Gasteiger partial charge in [-0.2, -0.15) is 0 Å². The molecule has 2 aromatic carbocycles. The highest BCUT2D eigenvalue weighted by atomic mass is 16.7. The minimum atomic E-state index is -0.613. The second-order valence-electron chi connectivity index (χ2n) is 8.50. The number of benzene rings is 2. The number of hydrogen-bond donors (Lipinski definition) is 4. The number of carbonyl (C=O) groups excluding carboxylic acids is 2. The van der Waals surface area contributed by atoms with Crippen molar-refractivity contribution in [1.82, 2.24) is 10.6 Å². The SMILES string of the molecule is O=C(C[C@@H]1CC[C@H](NC(=O)Nc2ccc3c(c2)OCO3)[C@H](CO)O1)NCc1ccc2c(c1)OCO2. The van der Waals surface area contributed by atoms with Gasteiger partial charge in [-0.05, 0) is 42.7 Å². The lowest BCUT2D eigenvalue weighted by atomic mass is 9.97. The monoisotopic (exact) mass is 485 g/mol. The number of urea groups is 1. The van der Waals surface area contributed by atoms with E-state index in [0.29, 0.717) is 48.1 Å². The number of anilines is 1. The molecule has 11 nitrogen and oxygen atoms in total. The van der Waals surface area contributed by atoms with Gasteiger partial charge in [0.25, 0.3) is 0 Å². The van der Waals surface area contributed by atoms with Crippen molar-refractivity contribution in [2.45, 2.75) is 44.1 Å². The Kier molecular flexibility index (Phi) is 6.77. The first-order valence-corrected chi connectivity index (χ1v) is 11.5. The van der Waals surface area contributed by atoms with Gasteiger partial charge in [0, 0.05) is 18.3 Å². The van der Waals surface area contributed by atoms with Crippen LogP contribution in [0.1, 0.15) is 24.8 Å². The molecule has 11 heteroatoms.